The molecule has 25 heavy (non-hydrogen) atoms. The van der Waals surface area contributed by atoms with E-state index in [1.807, 2.05) is 26.0 Å². The molecule has 7 nitrogen and oxygen atoms in total. The van der Waals surface area contributed by atoms with E-state index in [2.05, 4.69) is 24.7 Å². The van der Waals surface area contributed by atoms with Crippen LogP contribution in [-0.4, -0.2) is 28.4 Å². The highest BCUT2D eigenvalue weighted by Crippen LogP contribution is 2.20. The van der Waals surface area contributed by atoms with E-state index in [-0.39, 0.29) is 18.1 Å². The fraction of sp³-hybridized carbons (Fsp3) is 0.235. The first-order chi connectivity index (χ1) is 11.9. The number of aromatic nitrogens is 3. The standard InChI is InChI=1S/C17H17N5O2S/c1-10-6-13-14(7-11(10)2)22-16(21-13)9-20-25(23,24)17-12-4-3-5-18-15(12)8-19-17/h3-7,20H,8-9H2,1-2H3,(H,21,22). The lowest BCUT2D eigenvalue weighted by molar-refractivity contribution is 0.592. The van der Waals surface area contributed by atoms with Gasteiger partial charge >= 0.3 is 0 Å². The van der Waals surface area contributed by atoms with Gasteiger partial charge in [-0.1, -0.05) is 0 Å². The largest absolute Gasteiger partial charge is 0.341 e. The van der Waals surface area contributed by atoms with Crippen molar-refractivity contribution in [3.05, 3.63) is 58.7 Å². The highest BCUT2D eigenvalue weighted by Gasteiger charge is 2.28. The smallest absolute Gasteiger partial charge is 0.258 e. The molecule has 1 aliphatic heterocycles. The van der Waals surface area contributed by atoms with Gasteiger partial charge in [0.2, 0.25) is 0 Å². The SMILES string of the molecule is Cc1cc2nc(CNS(=O)(=O)C3=NCc4ncccc43)[nH]c2cc1C. The van der Waals surface area contributed by atoms with E-state index in [1.165, 1.54) is 0 Å². The Morgan fingerprint density at radius 2 is 2.04 bits per heavy atom. The fourth-order valence-corrected chi connectivity index (χ4v) is 4.03. The zero-order valence-electron chi connectivity index (χ0n) is 13.9. The molecule has 3 aromatic rings. The second-order valence-electron chi connectivity index (χ2n) is 6.08. The molecule has 0 bridgehead atoms. The molecule has 0 saturated heterocycles. The van der Waals surface area contributed by atoms with E-state index in [9.17, 15) is 8.42 Å². The fourth-order valence-electron chi connectivity index (χ4n) is 2.86. The number of rotatable bonds is 3. The molecule has 4 rings (SSSR count). The molecule has 2 N–H and O–H groups in total. The molecule has 0 fully saturated rings. The van der Waals surface area contributed by atoms with Crippen LogP contribution in [0, 0.1) is 13.8 Å². The summed E-state index contributed by atoms with van der Waals surface area (Å²) in [5, 5.41) is 0.0402. The third kappa shape index (κ3) is 2.83. The van der Waals surface area contributed by atoms with Crippen LogP contribution in [0.2, 0.25) is 0 Å². The van der Waals surface area contributed by atoms with Crippen LogP contribution in [0.1, 0.15) is 28.2 Å². The van der Waals surface area contributed by atoms with E-state index >= 15 is 0 Å². The number of benzene rings is 1. The van der Waals surface area contributed by atoms with Crippen LogP contribution >= 0.6 is 0 Å². The van der Waals surface area contributed by atoms with Gasteiger partial charge in [0.1, 0.15) is 5.82 Å². The molecule has 0 unspecified atom stereocenters. The minimum absolute atomic E-state index is 0.0402. The minimum atomic E-state index is -3.73. The Morgan fingerprint density at radius 1 is 1.24 bits per heavy atom. The normalized spacial score (nSPS) is 13.9. The van der Waals surface area contributed by atoms with Crippen LogP contribution in [0.4, 0.5) is 0 Å². The van der Waals surface area contributed by atoms with Gasteiger partial charge < -0.3 is 4.98 Å². The first-order valence-electron chi connectivity index (χ1n) is 7.88. The van der Waals surface area contributed by atoms with Crippen LogP contribution in [0.15, 0.2) is 35.5 Å². The second kappa shape index (κ2) is 5.75. The second-order valence-corrected chi connectivity index (χ2v) is 7.76. The van der Waals surface area contributed by atoms with Gasteiger partial charge in [0.25, 0.3) is 10.0 Å². The summed E-state index contributed by atoms with van der Waals surface area (Å²) < 4.78 is 27.7. The topological polar surface area (TPSA) is 100 Å². The van der Waals surface area contributed by atoms with E-state index < -0.39 is 10.0 Å². The van der Waals surface area contributed by atoms with Crippen LogP contribution in [0.25, 0.3) is 11.0 Å². The molecule has 128 valence electrons. The quantitative estimate of drug-likeness (QED) is 0.750. The number of aliphatic imine (C=N–C) groups is 1. The molecule has 0 aliphatic carbocycles. The first kappa shape index (κ1) is 15.9. The van der Waals surface area contributed by atoms with Crippen molar-refractivity contribution in [1.29, 1.82) is 0 Å². The number of sulfonamides is 1. The summed E-state index contributed by atoms with van der Waals surface area (Å²) >= 11 is 0. The molecule has 0 saturated carbocycles. The number of aryl methyl sites for hydroxylation is 2. The van der Waals surface area contributed by atoms with Gasteiger partial charge in [-0.25, -0.2) is 18.1 Å². The molecule has 0 atom stereocenters. The maximum Gasteiger partial charge on any atom is 0.258 e. The average molecular weight is 355 g/mol. The van der Waals surface area contributed by atoms with Gasteiger partial charge in [-0.15, -0.1) is 0 Å². The van der Waals surface area contributed by atoms with E-state index in [0.717, 1.165) is 22.2 Å². The monoisotopic (exact) mass is 355 g/mol. The molecule has 3 heterocycles. The number of H-pyrrole nitrogens is 1. The average Bonchev–Trinajstić information content (AvgIpc) is 3.17. The lowest BCUT2D eigenvalue weighted by Gasteiger charge is -2.06. The summed E-state index contributed by atoms with van der Waals surface area (Å²) in [6.07, 6.45) is 1.63. The molecular weight excluding hydrogens is 338 g/mol. The first-order valence-corrected chi connectivity index (χ1v) is 9.36. The number of nitrogens with zero attached hydrogens (tertiary/aromatic N) is 3. The maximum atomic E-state index is 12.6. The number of fused-ring (bicyclic) bond motifs is 2. The Kier molecular flexibility index (Phi) is 3.66. The van der Waals surface area contributed by atoms with Crippen molar-refractivity contribution in [3.8, 4) is 0 Å². The van der Waals surface area contributed by atoms with Crippen LogP contribution in [0.3, 0.4) is 0 Å². The predicted molar refractivity (Wildman–Crippen MR) is 95.8 cm³/mol. The van der Waals surface area contributed by atoms with Crippen LogP contribution in [-0.2, 0) is 23.1 Å². The summed E-state index contributed by atoms with van der Waals surface area (Å²) in [5.74, 6) is 0.564. The van der Waals surface area contributed by atoms with E-state index in [0.29, 0.717) is 17.1 Å². The Morgan fingerprint density at radius 3 is 2.88 bits per heavy atom. The number of pyridine rings is 1. The van der Waals surface area contributed by atoms with E-state index in [1.54, 1.807) is 18.3 Å². The Labute approximate surface area is 145 Å². The van der Waals surface area contributed by atoms with E-state index in [4.69, 9.17) is 0 Å². The molecule has 0 radical (unpaired) electrons. The zero-order valence-corrected chi connectivity index (χ0v) is 14.7. The summed E-state index contributed by atoms with van der Waals surface area (Å²) in [6, 6.07) is 7.43. The van der Waals surface area contributed by atoms with Gasteiger partial charge in [-0.3, -0.25) is 9.98 Å². The molecule has 8 heteroatoms. The van der Waals surface area contributed by atoms with Crippen LogP contribution < -0.4 is 4.72 Å². The van der Waals surface area contributed by atoms with Gasteiger partial charge in [0, 0.05) is 11.8 Å². The van der Waals surface area contributed by atoms with Gasteiger partial charge in [-0.05, 0) is 49.2 Å². The third-order valence-electron chi connectivity index (χ3n) is 4.32. The zero-order chi connectivity index (χ0) is 17.6. The predicted octanol–water partition coefficient (Wildman–Crippen LogP) is 1.95. The third-order valence-corrected chi connectivity index (χ3v) is 5.71. The van der Waals surface area contributed by atoms with Crippen molar-refractivity contribution in [2.45, 2.75) is 26.9 Å². The number of nitrogens with one attached hydrogen (secondary N) is 2. The van der Waals surface area contributed by atoms with Gasteiger partial charge in [-0.2, -0.15) is 0 Å². The van der Waals surface area contributed by atoms with Crippen molar-refractivity contribution in [2.24, 2.45) is 4.99 Å². The van der Waals surface area contributed by atoms with Gasteiger partial charge in [0.15, 0.2) is 5.04 Å². The highest BCUT2D eigenvalue weighted by atomic mass is 32.2. The summed E-state index contributed by atoms with van der Waals surface area (Å²) in [7, 11) is -3.73. The van der Waals surface area contributed by atoms with Gasteiger partial charge in [0.05, 0.1) is 29.8 Å². The molecule has 1 aromatic carbocycles. The number of hydrogen-bond acceptors (Lipinski definition) is 5. The molecule has 0 amide bonds. The maximum absolute atomic E-state index is 12.6. The van der Waals surface area contributed by atoms with Crippen molar-refractivity contribution in [3.63, 3.8) is 0 Å². The summed E-state index contributed by atoms with van der Waals surface area (Å²) in [5.41, 5.74) is 5.27. The van der Waals surface area contributed by atoms with Crippen molar-refractivity contribution in [1.82, 2.24) is 19.7 Å². The Balaban J connectivity index is 1.57. The molecule has 0 spiro atoms. The van der Waals surface area contributed by atoms with Crippen molar-refractivity contribution < 1.29 is 8.42 Å². The Hall–Kier alpha value is -2.58. The summed E-state index contributed by atoms with van der Waals surface area (Å²) in [4.78, 5) is 15.9. The number of imidazole rings is 1. The molecule has 2 aromatic heterocycles. The van der Waals surface area contributed by atoms with Crippen molar-refractivity contribution >= 4 is 26.1 Å². The molecule has 1 aliphatic rings. The number of aromatic amines is 1. The minimum Gasteiger partial charge on any atom is -0.341 e. The lowest BCUT2D eigenvalue weighted by Crippen LogP contribution is -2.30. The van der Waals surface area contributed by atoms with Crippen molar-refractivity contribution in [2.75, 3.05) is 0 Å². The highest BCUT2D eigenvalue weighted by molar-refractivity contribution is 8.05. The number of hydrogen-bond donors (Lipinski definition) is 2. The summed E-state index contributed by atoms with van der Waals surface area (Å²) in [6.45, 7) is 4.41. The Bertz CT molecular complexity index is 1080. The lowest BCUT2D eigenvalue weighted by atomic mass is 10.1. The van der Waals surface area contributed by atoms with Crippen LogP contribution in [0.5, 0.6) is 0 Å². The molecular formula is C17H17N5O2S.